The molecule has 2 aliphatic carbocycles. The third-order valence-electron chi connectivity index (χ3n) is 7.50. The summed E-state index contributed by atoms with van der Waals surface area (Å²) >= 11 is 1.46. The maximum absolute atomic E-state index is 13.5. The standard InChI is InChI=1S/C27H36N2O4S/c1-18-12-19-14-20(13-18)16-27(2,15-19)28-25(30)23-24(34-22-9-4-3-5-10-22)26(29-33-23)32-17-21-8-6-7-11-31-21/h3-5,9-10,18-21H,6-8,11-17H2,1-2H3,(H,28,30). The Bertz CT molecular complexity index is 954. The molecule has 0 spiro atoms. The molecule has 1 N–H and O–H groups in total. The van der Waals surface area contributed by atoms with Crippen LogP contribution in [0.5, 0.6) is 5.88 Å². The summed E-state index contributed by atoms with van der Waals surface area (Å²) in [6.45, 7) is 5.74. The predicted molar refractivity (Wildman–Crippen MR) is 131 cm³/mol. The van der Waals surface area contributed by atoms with Crippen LogP contribution in [0, 0.1) is 17.8 Å². The molecule has 1 saturated heterocycles. The zero-order valence-electron chi connectivity index (χ0n) is 20.3. The zero-order valence-corrected chi connectivity index (χ0v) is 21.1. The molecule has 2 aromatic rings. The Morgan fingerprint density at radius 1 is 1.18 bits per heavy atom. The van der Waals surface area contributed by atoms with Gasteiger partial charge in [-0.3, -0.25) is 4.79 Å². The molecule has 0 radical (unpaired) electrons. The number of hydrogen-bond acceptors (Lipinski definition) is 6. The zero-order chi connectivity index (χ0) is 23.5. The summed E-state index contributed by atoms with van der Waals surface area (Å²) in [4.78, 5) is 15.1. The molecule has 34 heavy (non-hydrogen) atoms. The average Bonchev–Trinajstić information content (AvgIpc) is 3.20. The van der Waals surface area contributed by atoms with E-state index in [4.69, 9.17) is 14.0 Å². The maximum Gasteiger partial charge on any atom is 0.291 e. The first-order valence-electron chi connectivity index (χ1n) is 12.8. The van der Waals surface area contributed by atoms with Gasteiger partial charge in [-0.2, -0.15) is 0 Å². The molecule has 1 amide bonds. The lowest BCUT2D eigenvalue weighted by Crippen LogP contribution is -2.52. The van der Waals surface area contributed by atoms with E-state index in [0.29, 0.717) is 29.2 Å². The number of amides is 1. The van der Waals surface area contributed by atoms with Crippen molar-refractivity contribution in [2.45, 2.75) is 86.6 Å². The van der Waals surface area contributed by atoms with Gasteiger partial charge in [0, 0.05) is 17.0 Å². The molecule has 2 heterocycles. The third kappa shape index (κ3) is 5.62. The normalized spacial score (nSPS) is 31.1. The molecule has 3 aliphatic rings. The molecule has 3 fully saturated rings. The van der Waals surface area contributed by atoms with E-state index in [9.17, 15) is 4.79 Å². The minimum absolute atomic E-state index is 0.0558. The summed E-state index contributed by atoms with van der Waals surface area (Å²) in [7, 11) is 0. The van der Waals surface area contributed by atoms with Crippen molar-refractivity contribution < 1.29 is 18.8 Å². The lowest BCUT2D eigenvalue weighted by molar-refractivity contribution is -0.0129. The van der Waals surface area contributed by atoms with Crippen molar-refractivity contribution in [2.75, 3.05) is 13.2 Å². The minimum atomic E-state index is -0.219. The predicted octanol–water partition coefficient (Wildman–Crippen LogP) is 6.11. The van der Waals surface area contributed by atoms with Gasteiger partial charge in [0.05, 0.1) is 6.10 Å². The number of rotatable bonds is 7. The Hall–Kier alpha value is -1.99. The van der Waals surface area contributed by atoms with Crippen LogP contribution in [-0.2, 0) is 4.74 Å². The monoisotopic (exact) mass is 484 g/mol. The van der Waals surface area contributed by atoms with Crippen LogP contribution in [0.4, 0.5) is 0 Å². The van der Waals surface area contributed by atoms with Gasteiger partial charge >= 0.3 is 0 Å². The van der Waals surface area contributed by atoms with Crippen LogP contribution in [0.2, 0.25) is 0 Å². The first-order chi connectivity index (χ1) is 16.5. The number of benzene rings is 1. The van der Waals surface area contributed by atoms with Crippen molar-refractivity contribution in [3.63, 3.8) is 0 Å². The third-order valence-corrected chi connectivity index (χ3v) is 8.57. The van der Waals surface area contributed by atoms with Crippen LogP contribution in [0.25, 0.3) is 0 Å². The van der Waals surface area contributed by atoms with Crippen LogP contribution >= 0.6 is 11.8 Å². The molecule has 184 valence electrons. The van der Waals surface area contributed by atoms with Gasteiger partial charge in [0.1, 0.15) is 11.5 Å². The fourth-order valence-corrected chi connectivity index (χ4v) is 7.27. The number of hydrogen-bond donors (Lipinski definition) is 1. The van der Waals surface area contributed by atoms with Crippen LogP contribution in [-0.4, -0.2) is 35.9 Å². The van der Waals surface area contributed by atoms with Crippen LogP contribution in [0.15, 0.2) is 44.6 Å². The SMILES string of the molecule is CC1CC2CC(C1)CC(C)(NC(=O)c1onc(OCC3CCCCO3)c1Sc1ccccc1)C2. The van der Waals surface area contributed by atoms with Crippen LogP contribution in [0.3, 0.4) is 0 Å². The Labute approximate surface area is 206 Å². The summed E-state index contributed by atoms with van der Waals surface area (Å²) in [5, 5.41) is 7.50. The fraction of sp³-hybridized carbons (Fsp3) is 0.630. The Morgan fingerprint density at radius 3 is 2.65 bits per heavy atom. The van der Waals surface area contributed by atoms with Crippen molar-refractivity contribution in [3.8, 4) is 5.88 Å². The smallest absolute Gasteiger partial charge is 0.291 e. The van der Waals surface area contributed by atoms with E-state index >= 15 is 0 Å². The lowest BCUT2D eigenvalue weighted by atomic mass is 9.62. The van der Waals surface area contributed by atoms with Crippen LogP contribution in [0.1, 0.15) is 75.8 Å². The number of aromatic nitrogens is 1. The van der Waals surface area contributed by atoms with Gasteiger partial charge in [0.2, 0.25) is 5.76 Å². The van der Waals surface area contributed by atoms with Gasteiger partial charge in [0.25, 0.3) is 11.8 Å². The molecule has 3 unspecified atom stereocenters. The number of carbonyl (C=O) groups is 1. The second-order valence-electron chi connectivity index (χ2n) is 10.8. The molecule has 6 nitrogen and oxygen atoms in total. The van der Waals surface area contributed by atoms with E-state index in [1.54, 1.807) is 0 Å². The van der Waals surface area contributed by atoms with E-state index in [1.807, 2.05) is 30.3 Å². The van der Waals surface area contributed by atoms with Gasteiger partial charge in [0.15, 0.2) is 0 Å². The number of fused-ring (bicyclic) bond motifs is 2. The number of nitrogens with one attached hydrogen (secondary N) is 1. The van der Waals surface area contributed by atoms with E-state index < -0.39 is 0 Å². The summed E-state index contributed by atoms with van der Waals surface area (Å²) in [6.07, 6.45) is 9.15. The quantitative estimate of drug-likeness (QED) is 0.511. The van der Waals surface area contributed by atoms with E-state index in [1.165, 1.54) is 31.0 Å². The highest BCUT2D eigenvalue weighted by Gasteiger charge is 2.42. The largest absolute Gasteiger partial charge is 0.472 e. The summed E-state index contributed by atoms with van der Waals surface area (Å²) in [5.41, 5.74) is -0.219. The molecule has 1 aromatic heterocycles. The second-order valence-corrected chi connectivity index (χ2v) is 11.9. The van der Waals surface area contributed by atoms with Gasteiger partial charge in [-0.1, -0.05) is 36.9 Å². The molecule has 3 atom stereocenters. The highest BCUT2D eigenvalue weighted by atomic mass is 32.2. The first kappa shape index (κ1) is 23.7. The molecule has 7 heteroatoms. The highest BCUT2D eigenvalue weighted by Crippen LogP contribution is 2.46. The topological polar surface area (TPSA) is 73.6 Å². The minimum Gasteiger partial charge on any atom is -0.472 e. The lowest BCUT2D eigenvalue weighted by Gasteiger charge is -2.47. The number of ether oxygens (including phenoxy) is 2. The Balaban J connectivity index is 1.33. The van der Waals surface area contributed by atoms with Gasteiger partial charge in [-0.25, -0.2) is 0 Å². The molecule has 1 aromatic carbocycles. The fourth-order valence-electron chi connectivity index (χ4n) is 6.33. The van der Waals surface area contributed by atoms with Crippen molar-refractivity contribution in [1.82, 2.24) is 10.5 Å². The number of nitrogens with zero attached hydrogens (tertiary/aromatic N) is 1. The summed E-state index contributed by atoms with van der Waals surface area (Å²) in [6, 6.07) is 9.96. The number of carbonyl (C=O) groups excluding carboxylic acids is 1. The van der Waals surface area contributed by atoms with Gasteiger partial charge in [-0.15, -0.1) is 0 Å². The van der Waals surface area contributed by atoms with Crippen LogP contribution < -0.4 is 10.1 Å². The molecule has 2 bridgehead atoms. The van der Waals surface area contributed by atoms with Crippen molar-refractivity contribution in [2.24, 2.45) is 17.8 Å². The van der Waals surface area contributed by atoms with Crippen molar-refractivity contribution in [1.29, 1.82) is 0 Å². The first-order valence-corrected chi connectivity index (χ1v) is 13.6. The van der Waals surface area contributed by atoms with Gasteiger partial charge < -0.3 is 19.3 Å². The van der Waals surface area contributed by atoms with E-state index in [0.717, 1.165) is 49.5 Å². The van der Waals surface area contributed by atoms with E-state index in [-0.39, 0.29) is 23.3 Å². The Kier molecular flexibility index (Phi) is 7.21. The van der Waals surface area contributed by atoms with Crippen molar-refractivity contribution in [3.05, 3.63) is 36.1 Å². The van der Waals surface area contributed by atoms with E-state index in [2.05, 4.69) is 24.3 Å². The highest BCUT2D eigenvalue weighted by molar-refractivity contribution is 7.99. The molecule has 5 rings (SSSR count). The molecular formula is C27H36N2O4S. The average molecular weight is 485 g/mol. The molecular weight excluding hydrogens is 448 g/mol. The molecule has 2 saturated carbocycles. The second kappa shape index (κ2) is 10.3. The Morgan fingerprint density at radius 2 is 1.94 bits per heavy atom. The summed E-state index contributed by atoms with van der Waals surface area (Å²) in [5.74, 6) is 2.57. The molecule has 1 aliphatic heterocycles. The van der Waals surface area contributed by atoms with Crippen molar-refractivity contribution >= 4 is 17.7 Å². The van der Waals surface area contributed by atoms with Gasteiger partial charge in [-0.05, 0) is 93.3 Å². The summed E-state index contributed by atoms with van der Waals surface area (Å²) < 4.78 is 17.5. The maximum atomic E-state index is 13.5.